The predicted octanol–water partition coefficient (Wildman–Crippen LogP) is 1.93. The van der Waals surface area contributed by atoms with Crippen LogP contribution in [0.2, 0.25) is 0 Å². The van der Waals surface area contributed by atoms with Crippen LogP contribution in [0.3, 0.4) is 0 Å². The van der Waals surface area contributed by atoms with Gasteiger partial charge in [0.05, 0.1) is 0 Å². The summed E-state index contributed by atoms with van der Waals surface area (Å²) in [4.78, 5) is 26.3. The fourth-order valence-electron chi connectivity index (χ4n) is 1.34. The molecule has 0 aliphatic rings. The summed E-state index contributed by atoms with van der Waals surface area (Å²) in [7, 11) is 5.41. The Labute approximate surface area is 108 Å². The van der Waals surface area contributed by atoms with Gasteiger partial charge in [0, 0.05) is 51.6 Å². The van der Waals surface area contributed by atoms with Gasteiger partial charge in [0.2, 0.25) is 5.91 Å². The molecule has 18 heavy (non-hydrogen) atoms. The van der Waals surface area contributed by atoms with Gasteiger partial charge >= 0.3 is 0 Å². The van der Waals surface area contributed by atoms with Crippen LogP contribution < -0.4 is 4.90 Å². The van der Waals surface area contributed by atoms with Gasteiger partial charge in [-0.25, -0.2) is 0 Å². The summed E-state index contributed by atoms with van der Waals surface area (Å²) >= 11 is 0. The van der Waals surface area contributed by atoms with Crippen LogP contribution in [0.5, 0.6) is 0 Å². The first-order chi connectivity index (χ1) is 8.41. The minimum atomic E-state index is -0.0549. The molecule has 0 aromatic heterocycles. The molecule has 0 radical (unpaired) electrons. The van der Waals surface area contributed by atoms with E-state index in [4.69, 9.17) is 0 Å². The lowest BCUT2D eigenvalue weighted by Crippen LogP contribution is -2.22. The molecule has 4 heteroatoms. The van der Waals surface area contributed by atoms with Gasteiger partial charge in [-0.05, 0) is 24.3 Å². The van der Waals surface area contributed by atoms with E-state index in [0.717, 1.165) is 5.69 Å². The van der Waals surface area contributed by atoms with E-state index in [-0.39, 0.29) is 11.7 Å². The zero-order valence-corrected chi connectivity index (χ0v) is 11.2. The van der Waals surface area contributed by atoms with Crippen molar-refractivity contribution in [3.8, 4) is 0 Å². The van der Waals surface area contributed by atoms with Gasteiger partial charge in [-0.2, -0.15) is 0 Å². The van der Waals surface area contributed by atoms with Crippen molar-refractivity contribution in [2.45, 2.75) is 6.92 Å². The van der Waals surface area contributed by atoms with Crippen molar-refractivity contribution in [3.63, 3.8) is 0 Å². The summed E-state index contributed by atoms with van der Waals surface area (Å²) in [6.45, 7) is 1.50. The van der Waals surface area contributed by atoms with Gasteiger partial charge in [-0.3, -0.25) is 9.59 Å². The Hall–Kier alpha value is -2.10. The van der Waals surface area contributed by atoms with Crippen LogP contribution in [-0.2, 0) is 4.79 Å². The number of carbonyl (C=O) groups excluding carboxylic acids is 2. The van der Waals surface area contributed by atoms with E-state index in [1.807, 2.05) is 14.1 Å². The second kappa shape index (κ2) is 6.00. The highest BCUT2D eigenvalue weighted by atomic mass is 16.2. The Balaban J connectivity index is 2.83. The standard InChI is InChI=1S/C14H18N2O2/c1-11(17)16(4)13-7-5-12(6-8-13)14(18)9-10-15(2)3/h5-10H,1-4H3. The first-order valence-corrected chi connectivity index (χ1v) is 5.65. The number of rotatable bonds is 4. The van der Waals surface area contributed by atoms with Crippen molar-refractivity contribution < 1.29 is 9.59 Å². The van der Waals surface area contributed by atoms with Gasteiger partial charge < -0.3 is 9.80 Å². The Morgan fingerprint density at radius 2 is 1.61 bits per heavy atom. The third-order valence-electron chi connectivity index (χ3n) is 2.54. The number of hydrogen-bond acceptors (Lipinski definition) is 3. The third-order valence-corrected chi connectivity index (χ3v) is 2.54. The SMILES string of the molecule is CC(=O)N(C)c1ccc(C(=O)C=CN(C)C)cc1. The summed E-state index contributed by atoms with van der Waals surface area (Å²) in [6, 6.07) is 6.96. The molecule has 1 rings (SSSR count). The molecule has 4 nitrogen and oxygen atoms in total. The molecule has 0 aliphatic heterocycles. The van der Waals surface area contributed by atoms with E-state index in [2.05, 4.69) is 0 Å². The molecule has 1 aromatic rings. The Morgan fingerprint density at radius 3 is 2.06 bits per heavy atom. The number of amides is 1. The summed E-state index contributed by atoms with van der Waals surface area (Å²) in [5, 5.41) is 0. The summed E-state index contributed by atoms with van der Waals surface area (Å²) in [6.07, 6.45) is 3.22. The van der Waals surface area contributed by atoms with Crippen molar-refractivity contribution in [3.05, 3.63) is 42.1 Å². The lowest BCUT2D eigenvalue weighted by Gasteiger charge is -2.14. The number of carbonyl (C=O) groups is 2. The molecule has 0 heterocycles. The van der Waals surface area contributed by atoms with Crippen molar-refractivity contribution in [1.82, 2.24) is 4.90 Å². The second-order valence-corrected chi connectivity index (χ2v) is 4.27. The topological polar surface area (TPSA) is 40.6 Å². The van der Waals surface area contributed by atoms with Gasteiger partial charge in [-0.1, -0.05) is 0 Å². The number of anilines is 1. The summed E-state index contributed by atoms with van der Waals surface area (Å²) in [5.74, 6) is -0.0951. The lowest BCUT2D eigenvalue weighted by atomic mass is 10.1. The van der Waals surface area contributed by atoms with Crippen molar-refractivity contribution in [1.29, 1.82) is 0 Å². The van der Waals surface area contributed by atoms with Crippen molar-refractivity contribution in [2.24, 2.45) is 0 Å². The van der Waals surface area contributed by atoms with Crippen LogP contribution in [-0.4, -0.2) is 37.7 Å². The van der Waals surface area contributed by atoms with Crippen LogP contribution in [0.15, 0.2) is 36.5 Å². The maximum absolute atomic E-state index is 11.8. The van der Waals surface area contributed by atoms with E-state index in [9.17, 15) is 9.59 Å². The number of benzene rings is 1. The number of hydrogen-bond donors (Lipinski definition) is 0. The second-order valence-electron chi connectivity index (χ2n) is 4.27. The van der Waals surface area contributed by atoms with Gasteiger partial charge in [-0.15, -0.1) is 0 Å². The maximum Gasteiger partial charge on any atom is 0.223 e. The first-order valence-electron chi connectivity index (χ1n) is 5.65. The molecule has 0 bridgehead atoms. The molecule has 0 atom stereocenters. The monoisotopic (exact) mass is 246 g/mol. The quantitative estimate of drug-likeness (QED) is 0.602. The molecular weight excluding hydrogens is 228 g/mol. The van der Waals surface area contributed by atoms with Crippen LogP contribution in [0.25, 0.3) is 0 Å². The fourth-order valence-corrected chi connectivity index (χ4v) is 1.34. The molecular formula is C14H18N2O2. The molecule has 96 valence electrons. The Kier molecular flexibility index (Phi) is 4.66. The van der Waals surface area contributed by atoms with Crippen LogP contribution in [0.4, 0.5) is 5.69 Å². The lowest BCUT2D eigenvalue weighted by molar-refractivity contribution is -0.116. The Bertz CT molecular complexity index is 461. The molecule has 0 saturated carbocycles. The zero-order valence-electron chi connectivity index (χ0n) is 11.2. The Morgan fingerprint density at radius 1 is 1.06 bits per heavy atom. The van der Waals surface area contributed by atoms with E-state index in [0.29, 0.717) is 5.56 Å². The number of allylic oxidation sites excluding steroid dienone is 1. The van der Waals surface area contributed by atoms with Crippen LogP contribution in [0, 0.1) is 0 Å². The molecule has 0 unspecified atom stereocenters. The molecule has 1 amide bonds. The minimum Gasteiger partial charge on any atom is -0.383 e. The highest BCUT2D eigenvalue weighted by molar-refractivity contribution is 6.04. The third kappa shape index (κ3) is 3.73. The van der Waals surface area contributed by atoms with Crippen molar-refractivity contribution >= 4 is 17.4 Å². The molecule has 0 aliphatic carbocycles. The van der Waals surface area contributed by atoms with Gasteiger partial charge in [0.1, 0.15) is 0 Å². The molecule has 0 saturated heterocycles. The molecule has 0 N–H and O–H groups in total. The van der Waals surface area contributed by atoms with E-state index < -0.39 is 0 Å². The summed E-state index contributed by atoms with van der Waals surface area (Å²) in [5.41, 5.74) is 1.38. The maximum atomic E-state index is 11.8. The highest BCUT2D eigenvalue weighted by Gasteiger charge is 2.06. The highest BCUT2D eigenvalue weighted by Crippen LogP contribution is 2.14. The largest absolute Gasteiger partial charge is 0.383 e. The van der Waals surface area contributed by atoms with Crippen molar-refractivity contribution in [2.75, 3.05) is 26.0 Å². The van der Waals surface area contributed by atoms with E-state index in [1.165, 1.54) is 17.9 Å². The first kappa shape index (κ1) is 14.0. The average molecular weight is 246 g/mol. The van der Waals surface area contributed by atoms with E-state index >= 15 is 0 Å². The average Bonchev–Trinajstić information content (AvgIpc) is 2.35. The summed E-state index contributed by atoms with van der Waals surface area (Å²) < 4.78 is 0. The molecule has 1 aromatic carbocycles. The number of nitrogens with zero attached hydrogens (tertiary/aromatic N) is 2. The van der Waals surface area contributed by atoms with Gasteiger partial charge in [0.25, 0.3) is 0 Å². The zero-order chi connectivity index (χ0) is 13.7. The smallest absolute Gasteiger partial charge is 0.223 e. The predicted molar refractivity (Wildman–Crippen MR) is 72.7 cm³/mol. The van der Waals surface area contributed by atoms with E-state index in [1.54, 1.807) is 42.4 Å². The van der Waals surface area contributed by atoms with Crippen LogP contribution in [0.1, 0.15) is 17.3 Å². The molecule has 0 spiro atoms. The van der Waals surface area contributed by atoms with Gasteiger partial charge in [0.15, 0.2) is 5.78 Å². The normalized spacial score (nSPS) is 10.4. The minimum absolute atomic E-state index is 0.0402. The molecule has 0 fully saturated rings. The van der Waals surface area contributed by atoms with Crippen LogP contribution >= 0.6 is 0 Å². The number of ketones is 1. The fraction of sp³-hybridized carbons (Fsp3) is 0.286.